The minimum absolute atomic E-state index is 0.0166. The highest BCUT2D eigenvalue weighted by molar-refractivity contribution is 6.06. The number of halogens is 1. The van der Waals surface area contributed by atoms with Crippen LogP contribution in [0.2, 0.25) is 0 Å². The number of rotatable bonds is 4. The van der Waals surface area contributed by atoms with Crippen molar-refractivity contribution in [1.82, 2.24) is 0 Å². The van der Waals surface area contributed by atoms with Gasteiger partial charge in [0, 0.05) is 0 Å². The van der Waals surface area contributed by atoms with Crippen molar-refractivity contribution in [3.63, 3.8) is 0 Å². The third-order valence-corrected chi connectivity index (χ3v) is 5.02. The summed E-state index contributed by atoms with van der Waals surface area (Å²) in [4.78, 5) is 27.0. The molecule has 8 heteroatoms. The van der Waals surface area contributed by atoms with E-state index in [4.69, 9.17) is 15.2 Å². The van der Waals surface area contributed by atoms with Crippen molar-refractivity contribution in [1.29, 1.82) is 5.26 Å². The Hall–Kier alpha value is -4.12. The molecule has 0 radical (unpaired) electrons. The van der Waals surface area contributed by atoms with E-state index in [0.29, 0.717) is 11.1 Å². The number of esters is 2. The summed E-state index contributed by atoms with van der Waals surface area (Å²) in [5.74, 6) is -3.39. The van der Waals surface area contributed by atoms with Crippen molar-refractivity contribution < 1.29 is 23.5 Å². The van der Waals surface area contributed by atoms with Crippen molar-refractivity contribution >= 4 is 17.6 Å². The van der Waals surface area contributed by atoms with Gasteiger partial charge in [-0.1, -0.05) is 36.4 Å². The average molecular weight is 421 g/mol. The second-order valence-corrected chi connectivity index (χ2v) is 6.77. The number of carbonyl (C=O) groups is 2. The Balaban J connectivity index is 2.45. The topological polar surface area (TPSA) is 106 Å². The summed E-state index contributed by atoms with van der Waals surface area (Å²) in [6.45, 7) is 1.68. The van der Waals surface area contributed by atoms with Crippen LogP contribution in [-0.4, -0.2) is 26.2 Å². The highest BCUT2D eigenvalue weighted by Crippen LogP contribution is 2.43. The molecule has 0 saturated heterocycles. The first kappa shape index (κ1) is 21.6. The predicted molar refractivity (Wildman–Crippen MR) is 111 cm³/mol. The third-order valence-electron chi connectivity index (χ3n) is 5.02. The van der Waals surface area contributed by atoms with Crippen LogP contribution < -0.4 is 10.6 Å². The standard InChI is InChI=1S/C23H20FN3O4/c1-13-9-10-15(24)11-17(13)27-20(23(29)31-3)19(22(28)30-2)18(16(12-25)21(27)26)14-7-5-4-6-8-14/h4-11,18H,26H2,1-3H3. The Kier molecular flexibility index (Phi) is 6.07. The van der Waals surface area contributed by atoms with Crippen molar-refractivity contribution in [3.05, 3.63) is 88.1 Å². The Morgan fingerprint density at radius 3 is 2.32 bits per heavy atom. The van der Waals surface area contributed by atoms with Crippen molar-refractivity contribution in [2.45, 2.75) is 12.8 Å². The molecule has 1 atom stereocenters. The molecule has 0 amide bonds. The van der Waals surface area contributed by atoms with Gasteiger partial charge in [0.05, 0.1) is 43.0 Å². The molecule has 0 aliphatic carbocycles. The van der Waals surface area contributed by atoms with Gasteiger partial charge in [-0.25, -0.2) is 14.0 Å². The molecule has 1 heterocycles. The van der Waals surface area contributed by atoms with Crippen molar-refractivity contribution in [2.75, 3.05) is 19.1 Å². The molecule has 7 nitrogen and oxygen atoms in total. The number of nitrogens with zero attached hydrogens (tertiary/aromatic N) is 2. The predicted octanol–water partition coefficient (Wildman–Crippen LogP) is 3.03. The van der Waals surface area contributed by atoms with E-state index in [0.717, 1.165) is 20.3 Å². The molecule has 2 N–H and O–H groups in total. The minimum atomic E-state index is -0.974. The molecule has 0 bridgehead atoms. The van der Waals surface area contributed by atoms with E-state index in [1.807, 2.05) is 6.07 Å². The number of anilines is 1. The van der Waals surface area contributed by atoms with Gasteiger partial charge in [-0.2, -0.15) is 5.26 Å². The van der Waals surface area contributed by atoms with E-state index in [9.17, 15) is 19.2 Å². The van der Waals surface area contributed by atoms with E-state index >= 15 is 0 Å². The summed E-state index contributed by atoms with van der Waals surface area (Å²) in [7, 11) is 2.32. The summed E-state index contributed by atoms with van der Waals surface area (Å²) in [5, 5.41) is 9.96. The molecule has 1 aliphatic heterocycles. The fourth-order valence-electron chi connectivity index (χ4n) is 3.59. The van der Waals surface area contributed by atoms with Crippen LogP contribution in [0.4, 0.5) is 10.1 Å². The van der Waals surface area contributed by atoms with E-state index in [1.54, 1.807) is 37.3 Å². The van der Waals surface area contributed by atoms with E-state index in [1.165, 1.54) is 17.0 Å². The van der Waals surface area contributed by atoms with Gasteiger partial charge in [0.25, 0.3) is 0 Å². The Morgan fingerprint density at radius 1 is 1.10 bits per heavy atom. The normalized spacial score (nSPS) is 16.1. The van der Waals surface area contributed by atoms with Crippen LogP contribution in [0.5, 0.6) is 0 Å². The molecule has 158 valence electrons. The molecule has 0 fully saturated rings. The molecule has 2 aromatic rings. The van der Waals surface area contributed by atoms with E-state index in [2.05, 4.69) is 0 Å². The lowest BCUT2D eigenvalue weighted by Crippen LogP contribution is -2.41. The van der Waals surface area contributed by atoms with E-state index in [-0.39, 0.29) is 28.4 Å². The highest BCUT2D eigenvalue weighted by Gasteiger charge is 2.43. The van der Waals surface area contributed by atoms with Gasteiger partial charge in [0.15, 0.2) is 0 Å². The zero-order chi connectivity index (χ0) is 22.7. The molecular formula is C23H20FN3O4. The van der Waals surface area contributed by atoms with Crippen LogP contribution in [-0.2, 0) is 19.1 Å². The number of hydrogen-bond donors (Lipinski definition) is 1. The SMILES string of the molecule is COC(=O)C1=C(C(=O)OC)N(c2cc(F)ccc2C)C(N)=C(C#N)C1c1ccccc1. The first-order valence-corrected chi connectivity index (χ1v) is 9.27. The Morgan fingerprint density at radius 2 is 1.74 bits per heavy atom. The molecule has 3 rings (SSSR count). The summed E-state index contributed by atoms with van der Waals surface area (Å²) < 4.78 is 24.0. The monoisotopic (exact) mass is 421 g/mol. The lowest BCUT2D eigenvalue weighted by molar-refractivity contribution is -0.139. The molecular weight excluding hydrogens is 401 g/mol. The second-order valence-electron chi connectivity index (χ2n) is 6.77. The van der Waals surface area contributed by atoms with Crippen LogP contribution in [0, 0.1) is 24.1 Å². The summed E-state index contributed by atoms with van der Waals surface area (Å²) >= 11 is 0. The quantitative estimate of drug-likeness (QED) is 0.757. The lowest BCUT2D eigenvalue weighted by atomic mass is 9.81. The molecule has 1 aliphatic rings. The van der Waals surface area contributed by atoms with Gasteiger partial charge in [-0.05, 0) is 30.2 Å². The third kappa shape index (κ3) is 3.73. The molecule has 1 unspecified atom stereocenters. The molecule has 0 aromatic heterocycles. The lowest BCUT2D eigenvalue weighted by Gasteiger charge is -2.36. The van der Waals surface area contributed by atoms with Gasteiger partial charge < -0.3 is 15.2 Å². The number of methoxy groups -OCH3 is 2. The maximum atomic E-state index is 14.1. The zero-order valence-corrected chi connectivity index (χ0v) is 17.2. The van der Waals surface area contributed by atoms with Crippen LogP contribution >= 0.6 is 0 Å². The zero-order valence-electron chi connectivity index (χ0n) is 17.2. The van der Waals surface area contributed by atoms with E-state index < -0.39 is 23.7 Å². The molecule has 0 spiro atoms. The maximum absolute atomic E-state index is 14.1. The number of allylic oxidation sites excluding steroid dienone is 1. The van der Waals surface area contributed by atoms with Gasteiger partial charge in [0.1, 0.15) is 17.3 Å². The summed E-state index contributed by atoms with van der Waals surface area (Å²) in [5.41, 5.74) is 7.32. The Bertz CT molecular complexity index is 1150. The van der Waals surface area contributed by atoms with Gasteiger partial charge in [-0.15, -0.1) is 0 Å². The molecule has 2 aromatic carbocycles. The second kappa shape index (κ2) is 8.71. The maximum Gasteiger partial charge on any atom is 0.355 e. The number of benzene rings is 2. The van der Waals surface area contributed by atoms with Gasteiger partial charge in [0.2, 0.25) is 0 Å². The highest BCUT2D eigenvalue weighted by atomic mass is 19.1. The van der Waals surface area contributed by atoms with Crippen LogP contribution in [0.25, 0.3) is 0 Å². The molecule has 31 heavy (non-hydrogen) atoms. The van der Waals surface area contributed by atoms with Crippen LogP contribution in [0.1, 0.15) is 17.0 Å². The number of nitriles is 1. The van der Waals surface area contributed by atoms with Crippen molar-refractivity contribution in [2.24, 2.45) is 5.73 Å². The smallest absolute Gasteiger partial charge is 0.355 e. The van der Waals surface area contributed by atoms with Gasteiger partial charge in [-0.3, -0.25) is 4.90 Å². The number of ether oxygens (including phenoxy) is 2. The number of aryl methyl sites for hydroxylation is 1. The number of hydrogen-bond acceptors (Lipinski definition) is 7. The fourth-order valence-corrected chi connectivity index (χ4v) is 3.59. The largest absolute Gasteiger partial charge is 0.466 e. The summed E-state index contributed by atoms with van der Waals surface area (Å²) in [6, 6.07) is 14.6. The first-order chi connectivity index (χ1) is 14.8. The van der Waals surface area contributed by atoms with Gasteiger partial charge >= 0.3 is 11.9 Å². The molecule has 0 saturated carbocycles. The fraction of sp³-hybridized carbons (Fsp3) is 0.174. The van der Waals surface area contributed by atoms with Crippen molar-refractivity contribution in [3.8, 4) is 6.07 Å². The minimum Gasteiger partial charge on any atom is -0.466 e. The Labute approximate surface area is 178 Å². The summed E-state index contributed by atoms with van der Waals surface area (Å²) in [6.07, 6.45) is 0. The van der Waals surface area contributed by atoms with Crippen LogP contribution in [0.15, 0.2) is 71.2 Å². The number of nitrogens with two attached hydrogens (primary N) is 1. The van der Waals surface area contributed by atoms with Crippen LogP contribution in [0.3, 0.4) is 0 Å². The number of carbonyl (C=O) groups excluding carboxylic acids is 2. The average Bonchev–Trinajstić information content (AvgIpc) is 2.79. The first-order valence-electron chi connectivity index (χ1n) is 9.27.